The summed E-state index contributed by atoms with van der Waals surface area (Å²) in [5.74, 6) is 0.542. The number of ether oxygens (including phenoxy) is 1. The first kappa shape index (κ1) is 22.6. The SMILES string of the molecule is O=C(Nc1cccc(OCCn2cncn2)c1)C1CCN(C(=O)c2cccc3ccccc23)CC1. The summed E-state index contributed by atoms with van der Waals surface area (Å²) in [4.78, 5) is 31.8. The molecule has 3 aromatic carbocycles. The van der Waals surface area contributed by atoms with Gasteiger partial charge in [0.25, 0.3) is 5.91 Å². The van der Waals surface area contributed by atoms with E-state index < -0.39 is 0 Å². The van der Waals surface area contributed by atoms with Crippen molar-refractivity contribution in [2.75, 3.05) is 25.0 Å². The molecule has 0 unspecified atom stereocenters. The van der Waals surface area contributed by atoms with Gasteiger partial charge in [0.1, 0.15) is 25.0 Å². The Labute approximate surface area is 203 Å². The molecule has 1 saturated heterocycles. The number of carbonyl (C=O) groups is 2. The molecule has 5 rings (SSSR count). The summed E-state index contributed by atoms with van der Waals surface area (Å²) < 4.78 is 7.47. The number of rotatable bonds is 7. The second kappa shape index (κ2) is 10.4. The molecule has 35 heavy (non-hydrogen) atoms. The molecule has 0 atom stereocenters. The minimum Gasteiger partial charge on any atom is -0.492 e. The van der Waals surface area contributed by atoms with Gasteiger partial charge >= 0.3 is 0 Å². The van der Waals surface area contributed by atoms with Crippen LogP contribution in [0.2, 0.25) is 0 Å². The van der Waals surface area contributed by atoms with Gasteiger partial charge in [0, 0.05) is 36.3 Å². The third kappa shape index (κ3) is 5.32. The van der Waals surface area contributed by atoms with Crippen LogP contribution in [0.4, 0.5) is 5.69 Å². The van der Waals surface area contributed by atoms with E-state index in [1.165, 1.54) is 6.33 Å². The molecule has 4 aromatic rings. The topological polar surface area (TPSA) is 89.3 Å². The van der Waals surface area contributed by atoms with Crippen molar-refractivity contribution in [1.29, 1.82) is 0 Å². The predicted octanol–water partition coefficient (Wildman–Crippen LogP) is 4.00. The van der Waals surface area contributed by atoms with E-state index in [1.807, 2.05) is 71.6 Å². The van der Waals surface area contributed by atoms with Crippen molar-refractivity contribution < 1.29 is 14.3 Å². The van der Waals surface area contributed by atoms with E-state index in [0.29, 0.717) is 56.1 Å². The normalized spacial score (nSPS) is 14.1. The molecular formula is C27H27N5O3. The Morgan fingerprint density at radius 1 is 1.00 bits per heavy atom. The summed E-state index contributed by atoms with van der Waals surface area (Å²) in [6.07, 6.45) is 4.40. The molecule has 178 valence electrons. The Morgan fingerprint density at radius 3 is 2.63 bits per heavy atom. The van der Waals surface area contributed by atoms with Gasteiger partial charge in [-0.25, -0.2) is 9.67 Å². The minimum absolute atomic E-state index is 0.0244. The Morgan fingerprint density at radius 2 is 1.80 bits per heavy atom. The number of hydrogen-bond donors (Lipinski definition) is 1. The lowest BCUT2D eigenvalue weighted by Crippen LogP contribution is -2.41. The number of likely N-dealkylation sites (tertiary alicyclic amines) is 1. The Kier molecular flexibility index (Phi) is 6.70. The van der Waals surface area contributed by atoms with Crippen LogP contribution in [0.1, 0.15) is 23.2 Å². The lowest BCUT2D eigenvalue weighted by molar-refractivity contribution is -0.121. The summed E-state index contributed by atoms with van der Waals surface area (Å²) in [7, 11) is 0. The maximum absolute atomic E-state index is 13.2. The molecule has 1 aromatic heterocycles. The lowest BCUT2D eigenvalue weighted by atomic mass is 9.94. The third-order valence-corrected chi connectivity index (χ3v) is 6.33. The van der Waals surface area contributed by atoms with Crippen LogP contribution >= 0.6 is 0 Å². The average molecular weight is 470 g/mol. The molecule has 1 N–H and O–H groups in total. The van der Waals surface area contributed by atoms with Gasteiger partial charge in [0.2, 0.25) is 5.91 Å². The molecule has 1 aliphatic heterocycles. The van der Waals surface area contributed by atoms with Crippen molar-refractivity contribution in [3.05, 3.63) is 84.9 Å². The number of fused-ring (bicyclic) bond motifs is 1. The fourth-order valence-electron chi connectivity index (χ4n) is 4.44. The number of amides is 2. The van der Waals surface area contributed by atoms with Crippen LogP contribution < -0.4 is 10.1 Å². The first-order chi connectivity index (χ1) is 17.2. The summed E-state index contributed by atoms with van der Waals surface area (Å²) in [6, 6.07) is 21.1. The minimum atomic E-state index is -0.136. The first-order valence-electron chi connectivity index (χ1n) is 11.8. The highest BCUT2D eigenvalue weighted by Gasteiger charge is 2.28. The number of benzene rings is 3. The van der Waals surface area contributed by atoms with Crippen molar-refractivity contribution in [2.45, 2.75) is 19.4 Å². The Bertz CT molecular complexity index is 1310. The Hall–Kier alpha value is -4.20. The van der Waals surface area contributed by atoms with Crippen molar-refractivity contribution in [2.24, 2.45) is 5.92 Å². The highest BCUT2D eigenvalue weighted by atomic mass is 16.5. The van der Waals surface area contributed by atoms with Crippen LogP contribution in [-0.2, 0) is 11.3 Å². The number of aromatic nitrogens is 3. The maximum Gasteiger partial charge on any atom is 0.254 e. The smallest absolute Gasteiger partial charge is 0.254 e. The van der Waals surface area contributed by atoms with E-state index in [-0.39, 0.29) is 17.7 Å². The zero-order chi connectivity index (χ0) is 24.0. The molecule has 0 spiro atoms. The predicted molar refractivity (Wildman–Crippen MR) is 133 cm³/mol. The van der Waals surface area contributed by atoms with Crippen molar-refractivity contribution in [3.63, 3.8) is 0 Å². The Balaban J connectivity index is 1.14. The van der Waals surface area contributed by atoms with E-state index >= 15 is 0 Å². The lowest BCUT2D eigenvalue weighted by Gasteiger charge is -2.31. The molecule has 8 heteroatoms. The van der Waals surface area contributed by atoms with Crippen LogP contribution in [0, 0.1) is 5.92 Å². The fourth-order valence-corrected chi connectivity index (χ4v) is 4.44. The summed E-state index contributed by atoms with van der Waals surface area (Å²) in [5, 5.41) is 9.07. The third-order valence-electron chi connectivity index (χ3n) is 6.33. The van der Waals surface area contributed by atoms with Crippen molar-refractivity contribution in [1.82, 2.24) is 19.7 Å². The number of nitrogens with zero attached hydrogens (tertiary/aromatic N) is 4. The van der Waals surface area contributed by atoms with Crippen LogP contribution in [0.25, 0.3) is 10.8 Å². The van der Waals surface area contributed by atoms with E-state index in [2.05, 4.69) is 15.4 Å². The molecule has 0 aliphatic carbocycles. The molecule has 2 amide bonds. The van der Waals surface area contributed by atoms with E-state index in [0.717, 1.165) is 10.8 Å². The van der Waals surface area contributed by atoms with Gasteiger partial charge < -0.3 is 15.0 Å². The summed E-state index contributed by atoms with van der Waals surface area (Å²) >= 11 is 0. The van der Waals surface area contributed by atoms with Crippen LogP contribution in [0.15, 0.2) is 79.4 Å². The summed E-state index contributed by atoms with van der Waals surface area (Å²) in [5.41, 5.74) is 1.41. The van der Waals surface area contributed by atoms with Crippen molar-refractivity contribution >= 4 is 28.3 Å². The van der Waals surface area contributed by atoms with Gasteiger partial charge in [-0.3, -0.25) is 9.59 Å². The van der Waals surface area contributed by atoms with Gasteiger partial charge in [-0.05, 0) is 41.8 Å². The van der Waals surface area contributed by atoms with Crippen LogP contribution in [0.5, 0.6) is 5.75 Å². The molecule has 1 fully saturated rings. The molecular weight excluding hydrogens is 442 g/mol. The van der Waals surface area contributed by atoms with Gasteiger partial charge in [0.05, 0.1) is 6.54 Å². The second-order valence-corrected chi connectivity index (χ2v) is 8.62. The van der Waals surface area contributed by atoms with Crippen molar-refractivity contribution in [3.8, 4) is 5.75 Å². The van der Waals surface area contributed by atoms with E-state index in [9.17, 15) is 9.59 Å². The van der Waals surface area contributed by atoms with Gasteiger partial charge in [-0.2, -0.15) is 5.10 Å². The second-order valence-electron chi connectivity index (χ2n) is 8.62. The zero-order valence-corrected chi connectivity index (χ0v) is 19.3. The molecule has 8 nitrogen and oxygen atoms in total. The standard InChI is InChI=1S/C27H27N5O3/c33-26(30-22-7-4-8-23(17-22)35-16-15-32-19-28-18-29-32)21-11-13-31(14-12-21)27(34)25-10-3-6-20-5-1-2-9-24(20)25/h1-10,17-19,21H,11-16H2,(H,30,33). The van der Waals surface area contributed by atoms with Crippen LogP contribution in [0.3, 0.4) is 0 Å². The fraction of sp³-hybridized carbons (Fsp3) is 0.259. The number of hydrogen-bond acceptors (Lipinski definition) is 5. The number of nitrogens with one attached hydrogen (secondary N) is 1. The highest BCUT2D eigenvalue weighted by molar-refractivity contribution is 6.07. The van der Waals surface area contributed by atoms with Crippen LogP contribution in [-0.4, -0.2) is 51.2 Å². The summed E-state index contributed by atoms with van der Waals surface area (Å²) in [6.45, 7) is 2.16. The number of carbonyl (C=O) groups excluding carboxylic acids is 2. The van der Waals surface area contributed by atoms with Gasteiger partial charge in [-0.1, -0.05) is 42.5 Å². The highest BCUT2D eigenvalue weighted by Crippen LogP contribution is 2.25. The first-order valence-corrected chi connectivity index (χ1v) is 11.8. The largest absolute Gasteiger partial charge is 0.492 e. The zero-order valence-electron chi connectivity index (χ0n) is 19.3. The number of anilines is 1. The average Bonchev–Trinajstić information content (AvgIpc) is 3.42. The van der Waals surface area contributed by atoms with E-state index in [4.69, 9.17) is 4.74 Å². The molecule has 2 heterocycles. The maximum atomic E-state index is 13.2. The monoisotopic (exact) mass is 469 g/mol. The molecule has 0 bridgehead atoms. The molecule has 1 aliphatic rings. The number of piperidine rings is 1. The van der Waals surface area contributed by atoms with Gasteiger partial charge in [-0.15, -0.1) is 0 Å². The van der Waals surface area contributed by atoms with E-state index in [1.54, 1.807) is 11.0 Å². The quantitative estimate of drug-likeness (QED) is 0.442. The molecule has 0 saturated carbocycles. The van der Waals surface area contributed by atoms with Gasteiger partial charge in [0.15, 0.2) is 0 Å². The molecule has 0 radical (unpaired) electrons.